The van der Waals surface area contributed by atoms with Gasteiger partial charge in [0.15, 0.2) is 0 Å². The number of aromatic nitrogens is 3. The Bertz CT molecular complexity index is 312. The summed E-state index contributed by atoms with van der Waals surface area (Å²) < 4.78 is 6.82. The summed E-state index contributed by atoms with van der Waals surface area (Å²) in [6.07, 6.45) is 1.59. The molecule has 13 heavy (non-hydrogen) atoms. The van der Waals surface area contributed by atoms with Crippen molar-refractivity contribution in [1.29, 1.82) is 0 Å². The molecule has 0 radical (unpaired) electrons. The number of aryl methyl sites for hydroxylation is 1. The summed E-state index contributed by atoms with van der Waals surface area (Å²) in [6.45, 7) is 2.87. The van der Waals surface area contributed by atoms with Crippen molar-refractivity contribution < 1.29 is 9.84 Å². The van der Waals surface area contributed by atoms with E-state index in [1.807, 2.05) is 6.92 Å². The minimum atomic E-state index is -0.918. The van der Waals surface area contributed by atoms with Crippen LogP contribution in [0, 0.1) is 5.92 Å². The molecule has 0 aliphatic carbocycles. The molecule has 0 aromatic carbocycles. The Labute approximate surface area is 76.3 Å². The minimum absolute atomic E-state index is 0.0877. The number of hydrogen-bond acceptors (Lipinski definition) is 4. The van der Waals surface area contributed by atoms with E-state index in [2.05, 4.69) is 10.3 Å². The van der Waals surface area contributed by atoms with Crippen LogP contribution in [0.25, 0.3) is 0 Å². The molecule has 1 aromatic rings. The summed E-state index contributed by atoms with van der Waals surface area (Å²) >= 11 is 0. The topological polar surface area (TPSA) is 60.2 Å². The molecule has 1 fully saturated rings. The Kier molecular flexibility index (Phi) is 1.85. The molecule has 0 amide bonds. The predicted octanol–water partition coefficient (Wildman–Crippen LogP) is -0.331. The lowest BCUT2D eigenvalue weighted by Gasteiger charge is -2.24. The van der Waals surface area contributed by atoms with Crippen LogP contribution in [-0.2, 0) is 17.4 Å². The lowest BCUT2D eigenvalue weighted by molar-refractivity contribution is -0.00637. The average molecular weight is 183 g/mol. The van der Waals surface area contributed by atoms with Crippen molar-refractivity contribution in [3.05, 3.63) is 11.9 Å². The maximum absolute atomic E-state index is 10.3. The van der Waals surface area contributed by atoms with Gasteiger partial charge in [-0.1, -0.05) is 12.1 Å². The van der Waals surface area contributed by atoms with Gasteiger partial charge in [-0.15, -0.1) is 5.10 Å². The van der Waals surface area contributed by atoms with Gasteiger partial charge in [-0.05, 0) is 0 Å². The Morgan fingerprint density at radius 3 is 3.00 bits per heavy atom. The van der Waals surface area contributed by atoms with Crippen LogP contribution in [0.4, 0.5) is 0 Å². The van der Waals surface area contributed by atoms with Gasteiger partial charge in [0.1, 0.15) is 5.60 Å². The monoisotopic (exact) mass is 183 g/mol. The van der Waals surface area contributed by atoms with E-state index in [-0.39, 0.29) is 5.92 Å². The Hall–Kier alpha value is -0.940. The van der Waals surface area contributed by atoms with Crippen LogP contribution in [0.5, 0.6) is 0 Å². The SMILES string of the molecule is CC1COCC1(O)c1cnnn1C. The van der Waals surface area contributed by atoms with Gasteiger partial charge < -0.3 is 9.84 Å². The van der Waals surface area contributed by atoms with Gasteiger partial charge in [-0.2, -0.15) is 0 Å². The van der Waals surface area contributed by atoms with E-state index in [9.17, 15) is 5.11 Å². The first kappa shape index (κ1) is 8.65. The lowest BCUT2D eigenvalue weighted by Crippen LogP contribution is -2.34. The van der Waals surface area contributed by atoms with Crippen LogP contribution in [0.15, 0.2) is 6.20 Å². The van der Waals surface area contributed by atoms with Crippen molar-refractivity contribution in [2.45, 2.75) is 12.5 Å². The van der Waals surface area contributed by atoms with E-state index in [0.29, 0.717) is 13.2 Å². The minimum Gasteiger partial charge on any atom is -0.381 e. The van der Waals surface area contributed by atoms with Gasteiger partial charge in [-0.3, -0.25) is 0 Å². The van der Waals surface area contributed by atoms with Crippen molar-refractivity contribution in [3.8, 4) is 0 Å². The van der Waals surface area contributed by atoms with Gasteiger partial charge in [0, 0.05) is 13.0 Å². The van der Waals surface area contributed by atoms with Crippen molar-refractivity contribution in [2.24, 2.45) is 13.0 Å². The molecular weight excluding hydrogens is 170 g/mol. The van der Waals surface area contributed by atoms with Gasteiger partial charge in [0.25, 0.3) is 0 Å². The van der Waals surface area contributed by atoms with Crippen LogP contribution in [-0.4, -0.2) is 33.3 Å². The molecule has 2 rings (SSSR count). The zero-order valence-electron chi connectivity index (χ0n) is 7.77. The first-order chi connectivity index (χ1) is 6.14. The highest BCUT2D eigenvalue weighted by molar-refractivity contribution is 5.11. The third-order valence-corrected chi connectivity index (χ3v) is 2.66. The van der Waals surface area contributed by atoms with Crippen LogP contribution in [0.3, 0.4) is 0 Å². The maximum Gasteiger partial charge on any atom is 0.136 e. The van der Waals surface area contributed by atoms with E-state index in [1.54, 1.807) is 17.9 Å². The van der Waals surface area contributed by atoms with Crippen LogP contribution in [0.1, 0.15) is 12.6 Å². The van der Waals surface area contributed by atoms with Crippen LogP contribution in [0.2, 0.25) is 0 Å². The Balaban J connectivity index is 2.39. The van der Waals surface area contributed by atoms with E-state index in [0.717, 1.165) is 5.69 Å². The fraction of sp³-hybridized carbons (Fsp3) is 0.750. The second-order valence-electron chi connectivity index (χ2n) is 3.58. The second-order valence-corrected chi connectivity index (χ2v) is 3.58. The number of ether oxygens (including phenoxy) is 1. The summed E-state index contributed by atoms with van der Waals surface area (Å²) in [7, 11) is 1.77. The molecule has 0 saturated carbocycles. The van der Waals surface area contributed by atoms with Gasteiger partial charge >= 0.3 is 0 Å². The zero-order valence-corrected chi connectivity index (χ0v) is 7.77. The summed E-state index contributed by atoms with van der Waals surface area (Å²) in [5.41, 5.74) is -0.198. The largest absolute Gasteiger partial charge is 0.381 e. The lowest BCUT2D eigenvalue weighted by atomic mass is 9.89. The van der Waals surface area contributed by atoms with Gasteiger partial charge in [0.05, 0.1) is 25.1 Å². The molecule has 1 N–H and O–H groups in total. The maximum atomic E-state index is 10.3. The molecule has 0 spiro atoms. The fourth-order valence-electron chi connectivity index (χ4n) is 1.68. The summed E-state index contributed by atoms with van der Waals surface area (Å²) in [4.78, 5) is 0. The van der Waals surface area contributed by atoms with Gasteiger partial charge in [0.2, 0.25) is 0 Å². The van der Waals surface area contributed by atoms with E-state index < -0.39 is 5.60 Å². The van der Waals surface area contributed by atoms with Crippen molar-refractivity contribution >= 4 is 0 Å². The summed E-state index contributed by atoms with van der Waals surface area (Å²) in [5, 5.41) is 17.8. The Morgan fingerprint density at radius 2 is 2.54 bits per heavy atom. The van der Waals surface area contributed by atoms with Crippen molar-refractivity contribution in [3.63, 3.8) is 0 Å². The Morgan fingerprint density at radius 1 is 1.77 bits per heavy atom. The molecule has 1 aliphatic heterocycles. The third kappa shape index (κ3) is 1.15. The molecule has 5 nitrogen and oxygen atoms in total. The van der Waals surface area contributed by atoms with Crippen molar-refractivity contribution in [2.75, 3.05) is 13.2 Å². The molecule has 1 aromatic heterocycles. The molecule has 1 saturated heterocycles. The fourth-order valence-corrected chi connectivity index (χ4v) is 1.68. The van der Waals surface area contributed by atoms with E-state index in [4.69, 9.17) is 4.74 Å². The van der Waals surface area contributed by atoms with Crippen LogP contribution < -0.4 is 0 Å². The second kappa shape index (κ2) is 2.78. The molecule has 2 unspecified atom stereocenters. The van der Waals surface area contributed by atoms with E-state index >= 15 is 0 Å². The highest BCUT2D eigenvalue weighted by Crippen LogP contribution is 2.34. The number of aliphatic hydroxyl groups is 1. The molecule has 0 bridgehead atoms. The number of hydrogen-bond donors (Lipinski definition) is 1. The molecule has 2 heterocycles. The zero-order chi connectivity index (χ0) is 9.47. The molecule has 5 heteroatoms. The highest BCUT2D eigenvalue weighted by atomic mass is 16.5. The smallest absolute Gasteiger partial charge is 0.136 e. The molecule has 2 atom stereocenters. The van der Waals surface area contributed by atoms with Crippen molar-refractivity contribution in [1.82, 2.24) is 15.0 Å². The van der Waals surface area contributed by atoms with E-state index in [1.165, 1.54) is 0 Å². The summed E-state index contributed by atoms with van der Waals surface area (Å²) in [5.74, 6) is 0.0877. The summed E-state index contributed by atoms with van der Waals surface area (Å²) in [6, 6.07) is 0. The van der Waals surface area contributed by atoms with Gasteiger partial charge in [-0.25, -0.2) is 4.68 Å². The quantitative estimate of drug-likeness (QED) is 0.647. The molecular formula is C8H13N3O2. The number of nitrogens with zero attached hydrogens (tertiary/aromatic N) is 3. The molecule has 1 aliphatic rings. The number of rotatable bonds is 1. The first-order valence-corrected chi connectivity index (χ1v) is 4.30. The highest BCUT2D eigenvalue weighted by Gasteiger charge is 2.43. The third-order valence-electron chi connectivity index (χ3n) is 2.66. The van der Waals surface area contributed by atoms with Crippen LogP contribution >= 0.6 is 0 Å². The average Bonchev–Trinajstić information content (AvgIpc) is 2.62. The normalized spacial score (nSPS) is 33.9. The first-order valence-electron chi connectivity index (χ1n) is 4.30. The predicted molar refractivity (Wildman–Crippen MR) is 44.9 cm³/mol. The standard InChI is InChI=1S/C8H13N3O2/c1-6-4-13-5-8(6,12)7-3-9-10-11(7)2/h3,6,12H,4-5H2,1-2H3. The molecule has 72 valence electrons.